The molecule has 0 aliphatic heterocycles. The molecule has 0 unspecified atom stereocenters. The molecule has 0 aliphatic carbocycles. The maximum Gasteiger partial charge on any atom is 0.224 e. The molecule has 1 aromatic heterocycles. The van der Waals surface area contributed by atoms with Crippen molar-refractivity contribution in [3.05, 3.63) is 52.1 Å². The highest BCUT2D eigenvalue weighted by atomic mass is 79.9. The summed E-state index contributed by atoms with van der Waals surface area (Å²) in [6, 6.07) is 5.18. The molecule has 0 saturated heterocycles. The summed E-state index contributed by atoms with van der Waals surface area (Å²) < 4.78 is 31.5. The standard InChI is InChI=1S/C12H8BrF2NO2/c13-10-4-9(1-2-11(10)15)18-12-7(6-17)3-8(14)5-16-12/h1-5,17H,6H2. The molecular weight excluding hydrogens is 308 g/mol. The lowest BCUT2D eigenvalue weighted by molar-refractivity contribution is 0.274. The normalized spacial score (nSPS) is 10.4. The van der Waals surface area contributed by atoms with E-state index in [1.165, 1.54) is 18.2 Å². The monoisotopic (exact) mass is 315 g/mol. The highest BCUT2D eigenvalue weighted by Crippen LogP contribution is 2.27. The van der Waals surface area contributed by atoms with E-state index in [0.717, 1.165) is 12.3 Å². The molecule has 1 aromatic carbocycles. The fourth-order valence-corrected chi connectivity index (χ4v) is 1.68. The van der Waals surface area contributed by atoms with Gasteiger partial charge >= 0.3 is 0 Å². The number of halogens is 3. The average molecular weight is 316 g/mol. The van der Waals surface area contributed by atoms with Crippen molar-refractivity contribution in [2.24, 2.45) is 0 Å². The number of nitrogens with zero attached hydrogens (tertiary/aromatic N) is 1. The van der Waals surface area contributed by atoms with Crippen molar-refractivity contribution in [3.63, 3.8) is 0 Å². The van der Waals surface area contributed by atoms with E-state index in [0.29, 0.717) is 5.75 Å². The van der Waals surface area contributed by atoms with E-state index in [4.69, 9.17) is 9.84 Å². The summed E-state index contributed by atoms with van der Waals surface area (Å²) in [4.78, 5) is 3.73. The number of rotatable bonds is 3. The Labute approximate surface area is 110 Å². The van der Waals surface area contributed by atoms with Crippen LogP contribution in [0.5, 0.6) is 11.6 Å². The van der Waals surface area contributed by atoms with E-state index in [-0.39, 0.29) is 15.9 Å². The van der Waals surface area contributed by atoms with Crippen LogP contribution in [0.15, 0.2) is 34.9 Å². The van der Waals surface area contributed by atoms with Gasteiger partial charge in [-0.2, -0.15) is 0 Å². The van der Waals surface area contributed by atoms with Crippen LogP contribution in [0.25, 0.3) is 0 Å². The number of benzene rings is 1. The molecule has 0 bridgehead atoms. The Bertz CT molecular complexity index is 578. The van der Waals surface area contributed by atoms with Crippen LogP contribution in [0.3, 0.4) is 0 Å². The second-order valence-electron chi connectivity index (χ2n) is 3.45. The highest BCUT2D eigenvalue weighted by molar-refractivity contribution is 9.10. The zero-order valence-electron chi connectivity index (χ0n) is 9.03. The lowest BCUT2D eigenvalue weighted by Crippen LogP contribution is -1.96. The van der Waals surface area contributed by atoms with Crippen molar-refractivity contribution in [2.45, 2.75) is 6.61 Å². The van der Waals surface area contributed by atoms with Gasteiger partial charge in [0, 0.05) is 5.56 Å². The van der Waals surface area contributed by atoms with Gasteiger partial charge in [0.2, 0.25) is 5.88 Å². The highest BCUT2D eigenvalue weighted by Gasteiger charge is 2.09. The van der Waals surface area contributed by atoms with E-state index in [1.54, 1.807) is 0 Å². The molecule has 0 aliphatic rings. The summed E-state index contributed by atoms with van der Waals surface area (Å²) in [5.41, 5.74) is 0.218. The Morgan fingerprint density at radius 3 is 2.72 bits per heavy atom. The summed E-state index contributed by atoms with van der Waals surface area (Å²) in [6.07, 6.45) is 0.979. The average Bonchev–Trinajstić information content (AvgIpc) is 2.36. The SMILES string of the molecule is OCc1cc(F)cnc1Oc1ccc(F)c(Br)c1. The van der Waals surface area contributed by atoms with Gasteiger partial charge in [0.25, 0.3) is 0 Å². The van der Waals surface area contributed by atoms with Gasteiger partial charge in [-0.1, -0.05) is 0 Å². The Morgan fingerprint density at radius 2 is 2.06 bits per heavy atom. The van der Waals surface area contributed by atoms with Crippen LogP contribution in [-0.4, -0.2) is 10.1 Å². The fourth-order valence-electron chi connectivity index (χ4n) is 1.33. The van der Waals surface area contributed by atoms with Crippen molar-refractivity contribution in [3.8, 4) is 11.6 Å². The van der Waals surface area contributed by atoms with Gasteiger partial charge in [-0.05, 0) is 40.2 Å². The molecule has 2 rings (SSSR count). The first-order valence-electron chi connectivity index (χ1n) is 4.98. The minimum Gasteiger partial charge on any atom is -0.439 e. The molecule has 0 amide bonds. The van der Waals surface area contributed by atoms with Crippen molar-refractivity contribution in [1.82, 2.24) is 4.98 Å². The Balaban J connectivity index is 2.30. The number of hydrogen-bond donors (Lipinski definition) is 1. The third-order valence-corrected chi connectivity index (χ3v) is 2.78. The Morgan fingerprint density at radius 1 is 1.28 bits per heavy atom. The molecule has 0 atom stereocenters. The van der Waals surface area contributed by atoms with E-state index < -0.39 is 18.2 Å². The van der Waals surface area contributed by atoms with Crippen LogP contribution in [0.2, 0.25) is 0 Å². The third kappa shape index (κ3) is 2.83. The molecule has 94 valence electrons. The van der Waals surface area contributed by atoms with Crippen LogP contribution in [0.4, 0.5) is 8.78 Å². The van der Waals surface area contributed by atoms with Crippen molar-refractivity contribution >= 4 is 15.9 Å². The number of ether oxygens (including phenoxy) is 1. The van der Waals surface area contributed by atoms with Crippen LogP contribution in [0.1, 0.15) is 5.56 Å². The van der Waals surface area contributed by atoms with Crippen molar-refractivity contribution in [1.29, 1.82) is 0 Å². The molecule has 0 saturated carbocycles. The molecule has 2 aromatic rings. The van der Waals surface area contributed by atoms with Crippen molar-refractivity contribution < 1.29 is 18.6 Å². The predicted molar refractivity (Wildman–Crippen MR) is 64.3 cm³/mol. The zero-order valence-corrected chi connectivity index (χ0v) is 10.6. The van der Waals surface area contributed by atoms with Gasteiger partial charge < -0.3 is 9.84 Å². The largest absolute Gasteiger partial charge is 0.439 e. The predicted octanol–water partition coefficient (Wildman–Crippen LogP) is 3.41. The summed E-state index contributed by atoms with van der Waals surface area (Å²) in [5, 5.41) is 9.06. The quantitative estimate of drug-likeness (QED) is 0.943. The van der Waals surface area contributed by atoms with E-state index in [9.17, 15) is 8.78 Å². The molecular formula is C12H8BrF2NO2. The first-order valence-corrected chi connectivity index (χ1v) is 5.77. The maximum absolute atomic E-state index is 13.0. The lowest BCUT2D eigenvalue weighted by Gasteiger charge is -2.08. The summed E-state index contributed by atoms with van der Waals surface area (Å²) in [6.45, 7) is -0.400. The van der Waals surface area contributed by atoms with E-state index in [2.05, 4.69) is 20.9 Å². The Hall–Kier alpha value is -1.53. The maximum atomic E-state index is 13.0. The third-order valence-electron chi connectivity index (χ3n) is 2.17. The molecule has 18 heavy (non-hydrogen) atoms. The smallest absolute Gasteiger partial charge is 0.224 e. The molecule has 0 radical (unpaired) electrons. The van der Waals surface area contributed by atoms with Gasteiger partial charge in [0.1, 0.15) is 17.4 Å². The van der Waals surface area contributed by atoms with Crippen LogP contribution >= 0.6 is 15.9 Å². The molecule has 1 heterocycles. The van der Waals surface area contributed by atoms with E-state index in [1.807, 2.05) is 0 Å². The van der Waals surface area contributed by atoms with Crippen LogP contribution in [-0.2, 0) is 6.61 Å². The number of pyridine rings is 1. The molecule has 1 N–H and O–H groups in total. The minimum atomic E-state index is -0.563. The van der Waals surface area contributed by atoms with Gasteiger partial charge in [-0.25, -0.2) is 13.8 Å². The number of aliphatic hydroxyl groups is 1. The second-order valence-corrected chi connectivity index (χ2v) is 4.31. The first kappa shape index (κ1) is 12.9. The molecule has 0 fully saturated rings. The van der Waals surface area contributed by atoms with Crippen LogP contribution < -0.4 is 4.74 Å². The van der Waals surface area contributed by atoms with Gasteiger partial charge in [-0.15, -0.1) is 0 Å². The van der Waals surface area contributed by atoms with Crippen LogP contribution in [0, 0.1) is 11.6 Å². The topological polar surface area (TPSA) is 42.4 Å². The number of aromatic nitrogens is 1. The lowest BCUT2D eigenvalue weighted by atomic mass is 10.3. The second kappa shape index (κ2) is 5.41. The molecule has 0 spiro atoms. The fraction of sp³-hybridized carbons (Fsp3) is 0.0833. The molecule has 6 heteroatoms. The summed E-state index contributed by atoms with van der Waals surface area (Å²) >= 11 is 3.02. The summed E-state index contributed by atoms with van der Waals surface area (Å²) in [7, 11) is 0. The molecule has 3 nitrogen and oxygen atoms in total. The van der Waals surface area contributed by atoms with Crippen molar-refractivity contribution in [2.75, 3.05) is 0 Å². The van der Waals surface area contributed by atoms with Gasteiger partial charge in [0.05, 0.1) is 17.3 Å². The van der Waals surface area contributed by atoms with Gasteiger partial charge in [0.15, 0.2) is 0 Å². The zero-order chi connectivity index (χ0) is 13.1. The number of hydrogen-bond acceptors (Lipinski definition) is 3. The minimum absolute atomic E-state index is 0.0809. The first-order chi connectivity index (χ1) is 8.60. The number of aliphatic hydroxyl groups excluding tert-OH is 1. The Kier molecular flexibility index (Phi) is 3.88. The van der Waals surface area contributed by atoms with Gasteiger partial charge in [-0.3, -0.25) is 0 Å². The summed E-state index contributed by atoms with van der Waals surface area (Å²) in [5.74, 6) is -0.571. The van der Waals surface area contributed by atoms with E-state index >= 15 is 0 Å².